The van der Waals surface area contributed by atoms with Gasteiger partial charge in [0.25, 0.3) is 0 Å². The standard InChI is InChI=1S/C12H19N5O/c1-13-11-7-15-9(6-16-11)8-17-5-3-4-10(17)12(18)14-2/h6-7,10H,3-5,8H2,1-2H3,(H,13,16)(H,14,18). The minimum Gasteiger partial charge on any atom is -0.372 e. The lowest BCUT2D eigenvalue weighted by Crippen LogP contribution is -2.41. The second kappa shape index (κ2) is 5.77. The molecule has 1 aliphatic rings. The zero-order chi connectivity index (χ0) is 13.0. The summed E-state index contributed by atoms with van der Waals surface area (Å²) in [4.78, 5) is 22.4. The van der Waals surface area contributed by atoms with E-state index in [1.807, 2.05) is 7.05 Å². The predicted molar refractivity (Wildman–Crippen MR) is 69.1 cm³/mol. The highest BCUT2D eigenvalue weighted by Gasteiger charge is 2.30. The van der Waals surface area contributed by atoms with Crippen molar-refractivity contribution in [1.29, 1.82) is 0 Å². The molecule has 98 valence electrons. The molecule has 0 saturated carbocycles. The topological polar surface area (TPSA) is 70.2 Å². The summed E-state index contributed by atoms with van der Waals surface area (Å²) in [6, 6.07) is -0.0271. The molecule has 18 heavy (non-hydrogen) atoms. The highest BCUT2D eigenvalue weighted by atomic mass is 16.2. The van der Waals surface area contributed by atoms with Gasteiger partial charge in [-0.25, -0.2) is 4.98 Å². The van der Waals surface area contributed by atoms with E-state index in [1.54, 1.807) is 19.4 Å². The molecule has 6 nitrogen and oxygen atoms in total. The van der Waals surface area contributed by atoms with Crippen molar-refractivity contribution in [2.75, 3.05) is 26.0 Å². The molecule has 1 aliphatic heterocycles. The molecule has 2 heterocycles. The third-order valence-corrected chi connectivity index (χ3v) is 3.24. The average molecular weight is 249 g/mol. The molecule has 2 N–H and O–H groups in total. The van der Waals surface area contributed by atoms with E-state index in [2.05, 4.69) is 25.5 Å². The minimum absolute atomic E-state index is 0.0271. The summed E-state index contributed by atoms with van der Waals surface area (Å²) in [5.74, 6) is 0.843. The lowest BCUT2D eigenvalue weighted by molar-refractivity contribution is -0.125. The highest BCUT2D eigenvalue weighted by molar-refractivity contribution is 5.81. The number of rotatable bonds is 4. The van der Waals surface area contributed by atoms with Gasteiger partial charge in [0, 0.05) is 20.6 Å². The van der Waals surface area contributed by atoms with Gasteiger partial charge in [0.2, 0.25) is 5.91 Å². The number of likely N-dealkylation sites (N-methyl/N-ethyl adjacent to an activating group) is 1. The summed E-state index contributed by atoms with van der Waals surface area (Å²) >= 11 is 0. The summed E-state index contributed by atoms with van der Waals surface area (Å²) in [7, 11) is 3.49. The lowest BCUT2D eigenvalue weighted by Gasteiger charge is -2.22. The molecule has 2 rings (SSSR count). The lowest BCUT2D eigenvalue weighted by atomic mass is 10.2. The third-order valence-electron chi connectivity index (χ3n) is 3.24. The molecular weight excluding hydrogens is 230 g/mol. The van der Waals surface area contributed by atoms with Crippen LogP contribution in [0.15, 0.2) is 12.4 Å². The Bertz CT molecular complexity index is 405. The molecule has 1 aromatic heterocycles. The molecule has 0 bridgehead atoms. The van der Waals surface area contributed by atoms with Gasteiger partial charge < -0.3 is 10.6 Å². The molecule has 0 aliphatic carbocycles. The van der Waals surface area contributed by atoms with Crippen LogP contribution < -0.4 is 10.6 Å². The average Bonchev–Trinajstić information content (AvgIpc) is 2.87. The molecule has 1 aromatic rings. The van der Waals surface area contributed by atoms with Gasteiger partial charge >= 0.3 is 0 Å². The first-order valence-electron chi connectivity index (χ1n) is 6.19. The van der Waals surface area contributed by atoms with Gasteiger partial charge in [0.1, 0.15) is 5.82 Å². The van der Waals surface area contributed by atoms with Gasteiger partial charge in [-0.2, -0.15) is 0 Å². The van der Waals surface area contributed by atoms with Crippen molar-refractivity contribution in [1.82, 2.24) is 20.2 Å². The number of carbonyl (C=O) groups excluding carboxylic acids is 1. The molecule has 1 amide bonds. The molecule has 6 heteroatoms. The number of aromatic nitrogens is 2. The predicted octanol–water partition coefficient (Wildman–Crippen LogP) is 0.229. The number of hydrogen-bond acceptors (Lipinski definition) is 5. The first-order valence-corrected chi connectivity index (χ1v) is 6.19. The van der Waals surface area contributed by atoms with Gasteiger partial charge in [-0.05, 0) is 19.4 Å². The highest BCUT2D eigenvalue weighted by Crippen LogP contribution is 2.19. The van der Waals surface area contributed by atoms with Gasteiger partial charge in [0.05, 0.1) is 24.1 Å². The van der Waals surface area contributed by atoms with Crippen molar-refractivity contribution in [3.63, 3.8) is 0 Å². The van der Waals surface area contributed by atoms with Crippen molar-refractivity contribution in [2.45, 2.75) is 25.4 Å². The van der Waals surface area contributed by atoms with Crippen molar-refractivity contribution in [2.24, 2.45) is 0 Å². The smallest absolute Gasteiger partial charge is 0.237 e. The molecular formula is C12H19N5O. The van der Waals surface area contributed by atoms with E-state index in [0.29, 0.717) is 6.54 Å². The summed E-state index contributed by atoms with van der Waals surface area (Å²) < 4.78 is 0. The Morgan fingerprint density at radius 2 is 2.28 bits per heavy atom. The van der Waals surface area contributed by atoms with Gasteiger partial charge in [-0.15, -0.1) is 0 Å². The number of amides is 1. The van der Waals surface area contributed by atoms with E-state index in [1.165, 1.54) is 0 Å². The number of nitrogens with zero attached hydrogens (tertiary/aromatic N) is 3. The molecule has 1 unspecified atom stereocenters. The van der Waals surface area contributed by atoms with E-state index >= 15 is 0 Å². The van der Waals surface area contributed by atoms with Crippen LogP contribution in [0.25, 0.3) is 0 Å². The molecule has 1 atom stereocenters. The largest absolute Gasteiger partial charge is 0.372 e. The maximum absolute atomic E-state index is 11.7. The van der Waals surface area contributed by atoms with Crippen molar-refractivity contribution in [3.05, 3.63) is 18.1 Å². The molecule has 0 radical (unpaired) electrons. The summed E-state index contributed by atoms with van der Waals surface area (Å²) in [5.41, 5.74) is 0.893. The Balaban J connectivity index is 2.01. The van der Waals surface area contributed by atoms with Gasteiger partial charge in [0.15, 0.2) is 0 Å². The fourth-order valence-electron chi connectivity index (χ4n) is 2.25. The van der Waals surface area contributed by atoms with Gasteiger partial charge in [-0.3, -0.25) is 14.7 Å². The van der Waals surface area contributed by atoms with Crippen LogP contribution in [0.2, 0.25) is 0 Å². The normalized spacial score (nSPS) is 19.8. The van der Waals surface area contributed by atoms with Crippen molar-refractivity contribution >= 4 is 11.7 Å². The summed E-state index contributed by atoms with van der Waals surface area (Å²) in [5, 5.41) is 5.65. The third kappa shape index (κ3) is 2.76. The number of likely N-dealkylation sites (tertiary alicyclic amines) is 1. The van der Waals surface area contributed by atoms with Crippen LogP contribution in [0.1, 0.15) is 18.5 Å². The monoisotopic (exact) mass is 249 g/mol. The minimum atomic E-state index is -0.0271. The fraction of sp³-hybridized carbons (Fsp3) is 0.583. The Morgan fingerprint density at radius 1 is 1.44 bits per heavy atom. The number of nitrogens with one attached hydrogen (secondary N) is 2. The Labute approximate surface area is 107 Å². The van der Waals surface area contributed by atoms with Crippen LogP contribution in [-0.2, 0) is 11.3 Å². The Hall–Kier alpha value is -1.69. The van der Waals surface area contributed by atoms with Gasteiger partial charge in [-0.1, -0.05) is 0 Å². The number of hydrogen-bond donors (Lipinski definition) is 2. The van der Waals surface area contributed by atoms with E-state index < -0.39 is 0 Å². The SMILES string of the molecule is CNC(=O)C1CCCN1Cc1cnc(NC)cn1. The molecule has 1 fully saturated rings. The quantitative estimate of drug-likeness (QED) is 0.799. The van der Waals surface area contributed by atoms with Crippen LogP contribution in [0.3, 0.4) is 0 Å². The van der Waals surface area contributed by atoms with E-state index in [0.717, 1.165) is 30.9 Å². The Kier molecular flexibility index (Phi) is 4.09. The van der Waals surface area contributed by atoms with E-state index in [-0.39, 0.29) is 11.9 Å². The first-order chi connectivity index (χ1) is 8.74. The zero-order valence-corrected chi connectivity index (χ0v) is 10.8. The fourth-order valence-corrected chi connectivity index (χ4v) is 2.25. The summed E-state index contributed by atoms with van der Waals surface area (Å²) in [6.45, 7) is 1.61. The molecule has 0 spiro atoms. The first kappa shape index (κ1) is 12.8. The summed E-state index contributed by atoms with van der Waals surface area (Å²) in [6.07, 6.45) is 5.44. The second-order valence-corrected chi connectivity index (χ2v) is 4.39. The van der Waals surface area contributed by atoms with E-state index in [4.69, 9.17) is 0 Å². The van der Waals surface area contributed by atoms with Crippen LogP contribution in [0, 0.1) is 0 Å². The van der Waals surface area contributed by atoms with Crippen LogP contribution in [-0.4, -0.2) is 47.5 Å². The van der Waals surface area contributed by atoms with E-state index in [9.17, 15) is 4.79 Å². The van der Waals surface area contributed by atoms with Crippen molar-refractivity contribution in [3.8, 4) is 0 Å². The number of anilines is 1. The zero-order valence-electron chi connectivity index (χ0n) is 10.8. The maximum Gasteiger partial charge on any atom is 0.237 e. The number of carbonyl (C=O) groups is 1. The molecule has 0 aromatic carbocycles. The van der Waals surface area contributed by atoms with Crippen LogP contribution >= 0.6 is 0 Å². The Morgan fingerprint density at radius 3 is 2.89 bits per heavy atom. The maximum atomic E-state index is 11.7. The van der Waals surface area contributed by atoms with Crippen molar-refractivity contribution < 1.29 is 4.79 Å². The van der Waals surface area contributed by atoms with Crippen LogP contribution in [0.4, 0.5) is 5.82 Å². The second-order valence-electron chi connectivity index (χ2n) is 4.39. The van der Waals surface area contributed by atoms with Crippen LogP contribution in [0.5, 0.6) is 0 Å². The molecule has 1 saturated heterocycles.